The van der Waals surface area contributed by atoms with Crippen molar-refractivity contribution in [2.24, 2.45) is 0 Å². The summed E-state index contributed by atoms with van der Waals surface area (Å²) >= 11 is 0. The van der Waals surface area contributed by atoms with Gasteiger partial charge in [0.15, 0.2) is 6.61 Å². The zero-order valence-corrected chi connectivity index (χ0v) is 12.6. The van der Waals surface area contributed by atoms with Gasteiger partial charge in [0.2, 0.25) is 0 Å². The predicted molar refractivity (Wildman–Crippen MR) is 78.7 cm³/mol. The second kappa shape index (κ2) is 5.99. The van der Waals surface area contributed by atoms with Gasteiger partial charge in [0.05, 0.1) is 6.10 Å². The summed E-state index contributed by atoms with van der Waals surface area (Å²) in [6, 6.07) is 5.01. The smallest absolute Gasteiger partial charge is 0.344 e. The van der Waals surface area contributed by atoms with Gasteiger partial charge in [-0.3, -0.25) is 0 Å². The molecule has 0 N–H and O–H groups in total. The van der Waals surface area contributed by atoms with Gasteiger partial charge in [-0.1, -0.05) is 0 Å². The summed E-state index contributed by atoms with van der Waals surface area (Å²) in [5.41, 5.74) is 1.61. The number of aryl methyl sites for hydroxylation is 2. The first-order valence-electron chi connectivity index (χ1n) is 6.75. The predicted octanol–water partition coefficient (Wildman–Crippen LogP) is 2.74. The van der Waals surface area contributed by atoms with Gasteiger partial charge in [-0.15, -0.1) is 0 Å². The molecule has 0 aliphatic heterocycles. The zero-order valence-electron chi connectivity index (χ0n) is 12.6. The number of fused-ring (bicyclic) bond motifs is 1. The molecule has 5 heteroatoms. The number of hydrogen-bond donors (Lipinski definition) is 0. The van der Waals surface area contributed by atoms with Crippen LogP contribution in [0.15, 0.2) is 27.4 Å². The van der Waals surface area contributed by atoms with E-state index in [1.807, 2.05) is 13.0 Å². The molecule has 1 heterocycles. The van der Waals surface area contributed by atoms with Gasteiger partial charge in [0, 0.05) is 17.0 Å². The Kier molecular flexibility index (Phi) is 4.31. The van der Waals surface area contributed by atoms with Gasteiger partial charge in [0.25, 0.3) is 0 Å². The number of hydrogen-bond acceptors (Lipinski definition) is 5. The van der Waals surface area contributed by atoms with Crippen molar-refractivity contribution < 1.29 is 18.7 Å². The monoisotopic (exact) mass is 290 g/mol. The third-order valence-corrected chi connectivity index (χ3v) is 3.03. The van der Waals surface area contributed by atoms with E-state index in [-0.39, 0.29) is 12.7 Å². The molecule has 0 radical (unpaired) electrons. The molecule has 2 rings (SSSR count). The standard InChI is InChI=1S/C16H18O5/c1-9(2)20-15(18)8-19-13-6-5-12-10(3)7-14(17)21-16(12)11(13)4/h5-7,9H,8H2,1-4H3. The quantitative estimate of drug-likeness (QED) is 0.640. The summed E-state index contributed by atoms with van der Waals surface area (Å²) in [5.74, 6) is 0.0622. The Hall–Kier alpha value is -2.30. The molecule has 2 aromatic rings. The highest BCUT2D eigenvalue weighted by atomic mass is 16.6. The van der Waals surface area contributed by atoms with E-state index in [1.54, 1.807) is 26.8 Å². The highest BCUT2D eigenvalue weighted by Crippen LogP contribution is 2.28. The molecular weight excluding hydrogens is 272 g/mol. The summed E-state index contributed by atoms with van der Waals surface area (Å²) in [6.07, 6.45) is -0.181. The third kappa shape index (κ3) is 3.42. The van der Waals surface area contributed by atoms with Crippen LogP contribution in [0.1, 0.15) is 25.0 Å². The highest BCUT2D eigenvalue weighted by Gasteiger charge is 2.12. The maximum atomic E-state index is 11.5. The van der Waals surface area contributed by atoms with Crippen molar-refractivity contribution in [2.45, 2.75) is 33.8 Å². The van der Waals surface area contributed by atoms with E-state index in [1.165, 1.54) is 6.07 Å². The first-order chi connectivity index (χ1) is 9.88. The van der Waals surface area contributed by atoms with E-state index < -0.39 is 11.6 Å². The molecule has 21 heavy (non-hydrogen) atoms. The van der Waals surface area contributed by atoms with Crippen LogP contribution in [-0.2, 0) is 9.53 Å². The number of carbonyl (C=O) groups excluding carboxylic acids is 1. The van der Waals surface area contributed by atoms with E-state index in [0.717, 1.165) is 10.9 Å². The minimum atomic E-state index is -0.435. The number of rotatable bonds is 4. The Labute approximate surface area is 122 Å². The van der Waals surface area contributed by atoms with Crippen LogP contribution in [0.3, 0.4) is 0 Å². The molecule has 0 aliphatic carbocycles. The highest BCUT2D eigenvalue weighted by molar-refractivity contribution is 5.84. The van der Waals surface area contributed by atoms with E-state index in [9.17, 15) is 9.59 Å². The fourth-order valence-electron chi connectivity index (χ4n) is 2.09. The molecule has 5 nitrogen and oxygen atoms in total. The van der Waals surface area contributed by atoms with Crippen molar-refractivity contribution in [3.63, 3.8) is 0 Å². The maximum absolute atomic E-state index is 11.5. The summed E-state index contributed by atoms with van der Waals surface area (Å²) in [7, 11) is 0. The SMILES string of the molecule is Cc1cc(=O)oc2c(C)c(OCC(=O)OC(C)C)ccc12. The van der Waals surface area contributed by atoms with Crippen LogP contribution in [0.25, 0.3) is 11.0 Å². The molecule has 0 amide bonds. The lowest BCUT2D eigenvalue weighted by Crippen LogP contribution is -2.19. The number of benzene rings is 1. The summed E-state index contributed by atoms with van der Waals surface area (Å²) in [4.78, 5) is 23.0. The van der Waals surface area contributed by atoms with Crippen LogP contribution in [-0.4, -0.2) is 18.7 Å². The molecule has 0 saturated heterocycles. The lowest BCUT2D eigenvalue weighted by Gasteiger charge is -2.12. The lowest BCUT2D eigenvalue weighted by molar-refractivity contribution is -0.149. The molecule has 0 spiro atoms. The third-order valence-electron chi connectivity index (χ3n) is 3.03. The van der Waals surface area contributed by atoms with Crippen molar-refractivity contribution in [3.05, 3.63) is 39.7 Å². The van der Waals surface area contributed by atoms with E-state index in [0.29, 0.717) is 16.9 Å². The molecule has 0 saturated carbocycles. The fraction of sp³-hybridized carbons (Fsp3) is 0.375. The molecule has 1 aromatic heterocycles. The Morgan fingerprint density at radius 3 is 2.67 bits per heavy atom. The van der Waals surface area contributed by atoms with E-state index >= 15 is 0 Å². The first-order valence-corrected chi connectivity index (χ1v) is 6.75. The van der Waals surface area contributed by atoms with Gasteiger partial charge in [-0.05, 0) is 45.4 Å². The van der Waals surface area contributed by atoms with Crippen LogP contribution in [0.2, 0.25) is 0 Å². The normalized spacial score (nSPS) is 10.9. The van der Waals surface area contributed by atoms with Crippen LogP contribution in [0, 0.1) is 13.8 Å². The molecule has 1 aromatic carbocycles. The van der Waals surface area contributed by atoms with E-state index in [2.05, 4.69) is 0 Å². The van der Waals surface area contributed by atoms with Crippen molar-refractivity contribution >= 4 is 16.9 Å². The Balaban J connectivity index is 2.28. The Morgan fingerprint density at radius 1 is 1.29 bits per heavy atom. The van der Waals surface area contributed by atoms with E-state index in [4.69, 9.17) is 13.9 Å². The van der Waals surface area contributed by atoms with Crippen LogP contribution < -0.4 is 10.4 Å². The molecule has 0 bridgehead atoms. The minimum absolute atomic E-state index is 0.180. The molecule has 0 unspecified atom stereocenters. The van der Waals surface area contributed by atoms with Crippen molar-refractivity contribution in [2.75, 3.05) is 6.61 Å². The van der Waals surface area contributed by atoms with Crippen LogP contribution >= 0.6 is 0 Å². The van der Waals surface area contributed by atoms with Gasteiger partial charge < -0.3 is 13.9 Å². The van der Waals surface area contributed by atoms with Crippen LogP contribution in [0.5, 0.6) is 5.75 Å². The average molecular weight is 290 g/mol. The van der Waals surface area contributed by atoms with Crippen molar-refractivity contribution in [1.29, 1.82) is 0 Å². The Morgan fingerprint density at radius 2 is 2.00 bits per heavy atom. The van der Waals surface area contributed by atoms with Crippen molar-refractivity contribution in [1.82, 2.24) is 0 Å². The zero-order chi connectivity index (χ0) is 15.6. The molecular formula is C16H18O5. The maximum Gasteiger partial charge on any atom is 0.344 e. The summed E-state index contributed by atoms with van der Waals surface area (Å²) < 4.78 is 15.7. The second-order valence-corrected chi connectivity index (χ2v) is 5.14. The molecule has 0 atom stereocenters. The molecule has 0 fully saturated rings. The van der Waals surface area contributed by atoms with Gasteiger partial charge in [0.1, 0.15) is 11.3 Å². The number of ether oxygens (including phenoxy) is 2. The largest absolute Gasteiger partial charge is 0.481 e. The molecule has 112 valence electrons. The van der Waals surface area contributed by atoms with Crippen LogP contribution in [0.4, 0.5) is 0 Å². The first kappa shape index (κ1) is 15.1. The number of esters is 1. The lowest BCUT2D eigenvalue weighted by atomic mass is 10.1. The molecule has 0 aliphatic rings. The van der Waals surface area contributed by atoms with Crippen molar-refractivity contribution in [3.8, 4) is 5.75 Å². The summed E-state index contributed by atoms with van der Waals surface area (Å²) in [5, 5.41) is 0.851. The van der Waals surface area contributed by atoms with Gasteiger partial charge in [-0.25, -0.2) is 9.59 Å². The fourth-order valence-corrected chi connectivity index (χ4v) is 2.09. The van der Waals surface area contributed by atoms with Gasteiger partial charge >= 0.3 is 11.6 Å². The topological polar surface area (TPSA) is 65.7 Å². The minimum Gasteiger partial charge on any atom is -0.481 e. The second-order valence-electron chi connectivity index (χ2n) is 5.14. The average Bonchev–Trinajstić information content (AvgIpc) is 2.38. The number of carbonyl (C=O) groups is 1. The Bertz CT molecular complexity index is 727. The summed E-state index contributed by atoms with van der Waals surface area (Å²) in [6.45, 7) is 7.00. The van der Waals surface area contributed by atoms with Gasteiger partial charge in [-0.2, -0.15) is 0 Å².